The highest BCUT2D eigenvalue weighted by molar-refractivity contribution is 9.10. The predicted octanol–water partition coefficient (Wildman–Crippen LogP) is 1.85. The Hall–Kier alpha value is -1.56. The summed E-state index contributed by atoms with van der Waals surface area (Å²) in [5.74, 6) is -0.0969. The Morgan fingerprint density at radius 1 is 1.26 bits per heavy atom. The lowest BCUT2D eigenvalue weighted by Gasteiger charge is -2.19. The molecule has 0 aliphatic rings. The first kappa shape index (κ1) is 15.5. The number of amides is 1. The molecule has 0 aromatic heterocycles. The minimum absolute atomic E-state index is 0.0600. The molecule has 0 spiro atoms. The number of hydrogen-bond acceptors (Lipinski definition) is 4. The number of esters is 1. The first-order chi connectivity index (χ1) is 9.06. The van der Waals surface area contributed by atoms with Gasteiger partial charge in [-0.15, -0.1) is 0 Å². The Bertz CT molecular complexity index is 433. The molecule has 1 amide bonds. The zero-order chi connectivity index (χ0) is 14.3. The second-order valence-electron chi connectivity index (χ2n) is 3.73. The number of methoxy groups -OCH3 is 1. The Morgan fingerprint density at radius 3 is 2.42 bits per heavy atom. The first-order valence-electron chi connectivity index (χ1n) is 5.79. The summed E-state index contributed by atoms with van der Waals surface area (Å²) in [7, 11) is 1.29. The van der Waals surface area contributed by atoms with Crippen molar-refractivity contribution >= 4 is 27.8 Å². The molecule has 19 heavy (non-hydrogen) atoms. The molecule has 1 aromatic carbocycles. The quantitative estimate of drug-likeness (QED) is 0.747. The molecule has 0 unspecified atom stereocenters. The van der Waals surface area contributed by atoms with E-state index in [-0.39, 0.29) is 19.1 Å². The molecule has 1 rings (SSSR count). The number of carbonyl (C=O) groups is 2. The molecule has 5 nitrogen and oxygen atoms in total. The molecule has 0 fully saturated rings. The minimum atomic E-state index is -0.446. The van der Waals surface area contributed by atoms with Gasteiger partial charge in [-0.1, -0.05) is 15.9 Å². The van der Waals surface area contributed by atoms with E-state index in [1.165, 1.54) is 12.0 Å². The van der Waals surface area contributed by atoms with Gasteiger partial charge in [0.1, 0.15) is 12.3 Å². The van der Waals surface area contributed by atoms with Crippen LogP contribution >= 0.6 is 15.9 Å². The largest absolute Gasteiger partial charge is 0.484 e. The Balaban J connectivity index is 2.48. The van der Waals surface area contributed by atoms with Crippen LogP contribution in [0.4, 0.5) is 0 Å². The number of likely N-dealkylation sites (N-methyl/N-ethyl adjacent to an activating group) is 1. The van der Waals surface area contributed by atoms with Crippen LogP contribution in [0.1, 0.15) is 6.92 Å². The fraction of sp³-hybridized carbons (Fsp3) is 0.385. The molecule has 0 aliphatic heterocycles. The third-order valence-electron chi connectivity index (χ3n) is 2.46. The number of nitrogens with zero attached hydrogens (tertiary/aromatic N) is 1. The Labute approximate surface area is 120 Å². The van der Waals surface area contributed by atoms with Crippen molar-refractivity contribution in [3.8, 4) is 5.75 Å². The number of ether oxygens (including phenoxy) is 2. The van der Waals surface area contributed by atoms with Crippen molar-refractivity contribution in [3.05, 3.63) is 28.7 Å². The molecule has 6 heteroatoms. The van der Waals surface area contributed by atoms with E-state index in [0.717, 1.165) is 4.47 Å². The molecule has 0 saturated carbocycles. The van der Waals surface area contributed by atoms with Gasteiger partial charge >= 0.3 is 5.97 Å². The highest BCUT2D eigenvalue weighted by atomic mass is 79.9. The van der Waals surface area contributed by atoms with Crippen LogP contribution in [0.5, 0.6) is 5.75 Å². The topological polar surface area (TPSA) is 55.8 Å². The van der Waals surface area contributed by atoms with Gasteiger partial charge in [0.2, 0.25) is 0 Å². The van der Waals surface area contributed by atoms with Crippen LogP contribution in [0, 0.1) is 0 Å². The van der Waals surface area contributed by atoms with E-state index >= 15 is 0 Å². The van der Waals surface area contributed by atoms with E-state index in [1.54, 1.807) is 19.1 Å². The van der Waals surface area contributed by atoms with E-state index in [2.05, 4.69) is 20.7 Å². The van der Waals surface area contributed by atoms with Crippen LogP contribution in [-0.4, -0.2) is 43.6 Å². The lowest BCUT2D eigenvalue weighted by Crippen LogP contribution is -2.38. The average molecular weight is 330 g/mol. The van der Waals surface area contributed by atoms with Gasteiger partial charge in [0.05, 0.1) is 7.11 Å². The fourth-order valence-corrected chi connectivity index (χ4v) is 1.63. The molecule has 0 bridgehead atoms. The maximum Gasteiger partial charge on any atom is 0.325 e. The number of rotatable bonds is 6. The standard InChI is InChI=1S/C13H16BrNO4/c1-3-15(8-13(17)18-2)12(16)9-19-11-6-4-10(14)5-7-11/h4-7H,3,8-9H2,1-2H3. The molecule has 0 radical (unpaired) electrons. The Kier molecular flexibility index (Phi) is 6.35. The molecule has 0 saturated heterocycles. The molecule has 104 valence electrons. The zero-order valence-electron chi connectivity index (χ0n) is 10.9. The summed E-state index contributed by atoms with van der Waals surface area (Å²) in [5, 5.41) is 0. The van der Waals surface area contributed by atoms with Crippen LogP contribution in [-0.2, 0) is 14.3 Å². The fourth-order valence-electron chi connectivity index (χ4n) is 1.36. The normalized spacial score (nSPS) is 9.84. The monoisotopic (exact) mass is 329 g/mol. The first-order valence-corrected chi connectivity index (χ1v) is 6.59. The average Bonchev–Trinajstić information content (AvgIpc) is 2.43. The minimum Gasteiger partial charge on any atom is -0.484 e. The molecule has 0 atom stereocenters. The zero-order valence-corrected chi connectivity index (χ0v) is 12.5. The molecular formula is C13H16BrNO4. The van der Waals surface area contributed by atoms with E-state index in [4.69, 9.17) is 4.74 Å². The third-order valence-corrected chi connectivity index (χ3v) is 2.99. The summed E-state index contributed by atoms with van der Waals surface area (Å²) >= 11 is 3.31. The van der Waals surface area contributed by atoms with Crippen LogP contribution in [0.2, 0.25) is 0 Å². The second-order valence-corrected chi connectivity index (χ2v) is 4.64. The molecule has 0 heterocycles. The van der Waals surface area contributed by atoms with Crippen LogP contribution in [0.25, 0.3) is 0 Å². The lowest BCUT2D eigenvalue weighted by atomic mass is 10.3. The van der Waals surface area contributed by atoms with E-state index in [1.807, 2.05) is 12.1 Å². The summed E-state index contributed by atoms with van der Waals surface area (Å²) in [6, 6.07) is 7.17. The van der Waals surface area contributed by atoms with E-state index in [9.17, 15) is 9.59 Å². The van der Waals surface area contributed by atoms with Crippen molar-refractivity contribution in [2.24, 2.45) is 0 Å². The molecular weight excluding hydrogens is 314 g/mol. The van der Waals surface area contributed by atoms with Gasteiger partial charge in [0.15, 0.2) is 6.61 Å². The van der Waals surface area contributed by atoms with Crippen molar-refractivity contribution in [3.63, 3.8) is 0 Å². The van der Waals surface area contributed by atoms with Crippen LogP contribution in [0.3, 0.4) is 0 Å². The number of benzene rings is 1. The van der Waals surface area contributed by atoms with Gasteiger partial charge in [-0.25, -0.2) is 0 Å². The Morgan fingerprint density at radius 2 is 1.89 bits per heavy atom. The van der Waals surface area contributed by atoms with Crippen molar-refractivity contribution in [1.82, 2.24) is 4.90 Å². The second kappa shape index (κ2) is 7.78. The smallest absolute Gasteiger partial charge is 0.325 e. The van der Waals surface area contributed by atoms with Crippen molar-refractivity contribution in [2.75, 3.05) is 26.8 Å². The van der Waals surface area contributed by atoms with Crippen molar-refractivity contribution in [2.45, 2.75) is 6.92 Å². The summed E-state index contributed by atoms with van der Waals surface area (Å²) in [4.78, 5) is 24.4. The summed E-state index contributed by atoms with van der Waals surface area (Å²) in [6.45, 7) is 2.06. The maximum absolute atomic E-state index is 11.8. The van der Waals surface area contributed by atoms with Gasteiger partial charge in [-0.05, 0) is 31.2 Å². The highest BCUT2D eigenvalue weighted by Gasteiger charge is 2.16. The summed E-state index contributed by atoms with van der Waals surface area (Å²) in [5.41, 5.74) is 0. The van der Waals surface area contributed by atoms with Gasteiger partial charge < -0.3 is 14.4 Å². The van der Waals surface area contributed by atoms with Gasteiger partial charge in [-0.2, -0.15) is 0 Å². The van der Waals surface area contributed by atoms with Crippen molar-refractivity contribution in [1.29, 1.82) is 0 Å². The van der Waals surface area contributed by atoms with Crippen LogP contribution in [0.15, 0.2) is 28.7 Å². The highest BCUT2D eigenvalue weighted by Crippen LogP contribution is 2.16. The van der Waals surface area contributed by atoms with E-state index < -0.39 is 5.97 Å². The summed E-state index contributed by atoms with van der Waals surface area (Å²) in [6.07, 6.45) is 0. The molecule has 0 N–H and O–H groups in total. The molecule has 1 aromatic rings. The lowest BCUT2D eigenvalue weighted by molar-refractivity contribution is -0.147. The van der Waals surface area contributed by atoms with Crippen LogP contribution < -0.4 is 4.74 Å². The van der Waals surface area contributed by atoms with E-state index in [0.29, 0.717) is 12.3 Å². The maximum atomic E-state index is 11.8. The predicted molar refractivity (Wildman–Crippen MR) is 73.9 cm³/mol. The van der Waals surface area contributed by atoms with Gasteiger partial charge in [0, 0.05) is 11.0 Å². The number of carbonyl (C=O) groups excluding carboxylic acids is 2. The number of hydrogen-bond donors (Lipinski definition) is 0. The number of halogens is 1. The molecule has 0 aliphatic carbocycles. The van der Waals surface area contributed by atoms with Gasteiger partial charge in [-0.3, -0.25) is 9.59 Å². The van der Waals surface area contributed by atoms with Gasteiger partial charge in [0.25, 0.3) is 5.91 Å². The van der Waals surface area contributed by atoms with Crippen molar-refractivity contribution < 1.29 is 19.1 Å². The third kappa shape index (κ3) is 5.30. The SMILES string of the molecule is CCN(CC(=O)OC)C(=O)COc1ccc(Br)cc1. The summed E-state index contributed by atoms with van der Waals surface area (Å²) < 4.78 is 10.8.